The van der Waals surface area contributed by atoms with Gasteiger partial charge in [0.1, 0.15) is 5.75 Å². The van der Waals surface area contributed by atoms with Gasteiger partial charge in [0.15, 0.2) is 0 Å². The lowest BCUT2D eigenvalue weighted by Gasteiger charge is -2.25. The molecule has 0 fully saturated rings. The maximum Gasteiger partial charge on any atom is 0.271 e. The molecule has 0 bridgehead atoms. The van der Waals surface area contributed by atoms with Gasteiger partial charge >= 0.3 is 0 Å². The molecule has 4 rings (SSSR count). The van der Waals surface area contributed by atoms with E-state index < -0.39 is 0 Å². The molecule has 2 heterocycles. The third-order valence-corrected chi connectivity index (χ3v) is 4.95. The third-order valence-electron chi connectivity index (χ3n) is 4.95. The van der Waals surface area contributed by atoms with Gasteiger partial charge in [-0.1, -0.05) is 42.5 Å². The van der Waals surface area contributed by atoms with Crippen LogP contribution in [0.3, 0.4) is 0 Å². The zero-order chi connectivity index (χ0) is 17.9. The van der Waals surface area contributed by atoms with E-state index in [0.717, 1.165) is 42.1 Å². The van der Waals surface area contributed by atoms with Gasteiger partial charge in [-0.05, 0) is 23.3 Å². The second-order valence-corrected chi connectivity index (χ2v) is 6.75. The molecule has 0 spiro atoms. The molecule has 0 atom stereocenters. The fourth-order valence-corrected chi connectivity index (χ4v) is 3.52. The number of ether oxygens (including phenoxy) is 1. The number of hydrogen-bond acceptors (Lipinski definition) is 3. The number of hydrogen-bond donors (Lipinski definition) is 1. The summed E-state index contributed by atoms with van der Waals surface area (Å²) in [7, 11) is 1.67. The second-order valence-electron chi connectivity index (χ2n) is 6.75. The average molecular weight is 349 g/mol. The van der Waals surface area contributed by atoms with Gasteiger partial charge in [0.25, 0.3) is 5.56 Å². The second kappa shape index (κ2) is 7.22. The summed E-state index contributed by atoms with van der Waals surface area (Å²) < 4.78 is 6.94. The Kier molecular flexibility index (Phi) is 4.63. The Labute approximate surface area is 152 Å². The fraction of sp³-hybridized carbons (Fsp3) is 0.286. The molecule has 1 N–H and O–H groups in total. The molecule has 1 aromatic heterocycles. The van der Waals surface area contributed by atoms with Crippen LogP contribution in [0.1, 0.15) is 22.4 Å². The molecule has 1 aliphatic heterocycles. The molecule has 26 heavy (non-hydrogen) atoms. The zero-order valence-electron chi connectivity index (χ0n) is 14.9. The van der Waals surface area contributed by atoms with E-state index in [2.05, 4.69) is 22.1 Å². The van der Waals surface area contributed by atoms with Crippen molar-refractivity contribution in [1.82, 2.24) is 14.7 Å². The van der Waals surface area contributed by atoms with Crippen LogP contribution in [0.4, 0.5) is 0 Å². The van der Waals surface area contributed by atoms with Gasteiger partial charge in [0.05, 0.1) is 19.2 Å². The molecule has 0 saturated heterocycles. The SMILES string of the molecule is COc1ccc(CN2CCc3[nH]n(Cc4ccccc4)c(=O)c3C2)cc1. The third kappa shape index (κ3) is 3.44. The van der Waals surface area contributed by atoms with Gasteiger partial charge < -0.3 is 4.74 Å². The Hall–Kier alpha value is -2.79. The lowest BCUT2D eigenvalue weighted by Crippen LogP contribution is -2.32. The van der Waals surface area contributed by atoms with E-state index in [-0.39, 0.29) is 5.56 Å². The molecule has 134 valence electrons. The van der Waals surface area contributed by atoms with Crippen molar-refractivity contribution >= 4 is 0 Å². The lowest BCUT2D eigenvalue weighted by atomic mass is 10.1. The minimum Gasteiger partial charge on any atom is -0.497 e. The average Bonchev–Trinajstić information content (AvgIpc) is 2.99. The number of aromatic amines is 1. The fourth-order valence-electron chi connectivity index (χ4n) is 3.52. The minimum atomic E-state index is 0.100. The van der Waals surface area contributed by atoms with Gasteiger partial charge in [-0.2, -0.15) is 0 Å². The van der Waals surface area contributed by atoms with Crippen molar-refractivity contribution in [3.05, 3.63) is 87.3 Å². The highest BCUT2D eigenvalue weighted by molar-refractivity contribution is 5.28. The summed E-state index contributed by atoms with van der Waals surface area (Å²) in [6.07, 6.45) is 0.877. The first-order valence-corrected chi connectivity index (χ1v) is 8.92. The van der Waals surface area contributed by atoms with Gasteiger partial charge in [0.2, 0.25) is 0 Å². The summed E-state index contributed by atoms with van der Waals surface area (Å²) in [5.41, 5.74) is 4.44. The summed E-state index contributed by atoms with van der Waals surface area (Å²) >= 11 is 0. The Morgan fingerprint density at radius 2 is 1.73 bits per heavy atom. The maximum absolute atomic E-state index is 12.8. The Balaban J connectivity index is 1.48. The Morgan fingerprint density at radius 3 is 2.46 bits per heavy atom. The predicted octanol–water partition coefficient (Wildman–Crippen LogP) is 2.79. The van der Waals surface area contributed by atoms with Crippen LogP contribution in [-0.2, 0) is 26.1 Å². The van der Waals surface area contributed by atoms with Gasteiger partial charge in [-0.25, -0.2) is 4.68 Å². The van der Waals surface area contributed by atoms with Crippen molar-refractivity contribution in [2.45, 2.75) is 26.1 Å². The largest absolute Gasteiger partial charge is 0.497 e. The molecule has 0 amide bonds. The first-order valence-electron chi connectivity index (χ1n) is 8.92. The van der Waals surface area contributed by atoms with Crippen molar-refractivity contribution < 1.29 is 4.74 Å². The first kappa shape index (κ1) is 16.7. The standard InChI is InChI=1S/C21H23N3O2/c1-26-18-9-7-17(8-10-18)13-23-12-11-20-19(15-23)21(25)24(22-20)14-16-5-3-2-4-6-16/h2-10,22H,11-15H2,1H3. The molecule has 2 aromatic carbocycles. The highest BCUT2D eigenvalue weighted by atomic mass is 16.5. The first-order chi connectivity index (χ1) is 12.7. The van der Waals surface area contributed by atoms with Crippen molar-refractivity contribution in [3.8, 4) is 5.75 Å². The van der Waals surface area contributed by atoms with E-state index >= 15 is 0 Å². The molecule has 5 heteroatoms. The van der Waals surface area contributed by atoms with Crippen molar-refractivity contribution in [2.75, 3.05) is 13.7 Å². The highest BCUT2D eigenvalue weighted by Crippen LogP contribution is 2.18. The smallest absolute Gasteiger partial charge is 0.271 e. The molecule has 0 radical (unpaired) electrons. The van der Waals surface area contributed by atoms with E-state index in [9.17, 15) is 4.79 Å². The molecule has 5 nitrogen and oxygen atoms in total. The van der Waals surface area contributed by atoms with Crippen LogP contribution in [0.5, 0.6) is 5.75 Å². The van der Waals surface area contributed by atoms with E-state index in [1.807, 2.05) is 42.5 Å². The minimum absolute atomic E-state index is 0.100. The summed E-state index contributed by atoms with van der Waals surface area (Å²) in [6, 6.07) is 18.2. The van der Waals surface area contributed by atoms with Gasteiger partial charge in [0, 0.05) is 31.7 Å². The van der Waals surface area contributed by atoms with Crippen LogP contribution < -0.4 is 10.3 Å². The van der Waals surface area contributed by atoms with Crippen molar-refractivity contribution in [2.24, 2.45) is 0 Å². The van der Waals surface area contributed by atoms with Crippen molar-refractivity contribution in [3.63, 3.8) is 0 Å². The molecule has 0 unspecified atom stereocenters. The van der Waals surface area contributed by atoms with Crippen LogP contribution in [0.25, 0.3) is 0 Å². The molecule has 0 aliphatic carbocycles. The molecular formula is C21H23N3O2. The number of rotatable bonds is 5. The van der Waals surface area contributed by atoms with Gasteiger partial charge in [-0.15, -0.1) is 0 Å². The maximum atomic E-state index is 12.8. The number of nitrogens with zero attached hydrogens (tertiary/aromatic N) is 2. The van der Waals surface area contributed by atoms with Crippen LogP contribution in [0, 0.1) is 0 Å². The number of methoxy groups -OCH3 is 1. The topological polar surface area (TPSA) is 50.3 Å². The Bertz CT molecular complexity index is 926. The molecule has 3 aromatic rings. The number of nitrogens with one attached hydrogen (secondary N) is 1. The predicted molar refractivity (Wildman–Crippen MR) is 101 cm³/mol. The van der Waals surface area contributed by atoms with Crippen LogP contribution in [-0.4, -0.2) is 28.3 Å². The summed E-state index contributed by atoms with van der Waals surface area (Å²) in [5, 5.41) is 3.31. The van der Waals surface area contributed by atoms with Gasteiger partial charge in [-0.3, -0.25) is 14.8 Å². The lowest BCUT2D eigenvalue weighted by molar-refractivity contribution is 0.244. The van der Waals surface area contributed by atoms with E-state index in [0.29, 0.717) is 13.1 Å². The number of fused-ring (bicyclic) bond motifs is 1. The summed E-state index contributed by atoms with van der Waals surface area (Å²) in [6.45, 7) is 3.07. The molecular weight excluding hydrogens is 326 g/mol. The molecule has 0 saturated carbocycles. The van der Waals surface area contributed by atoms with E-state index in [1.54, 1.807) is 11.8 Å². The van der Waals surface area contributed by atoms with E-state index in [4.69, 9.17) is 4.74 Å². The number of aromatic nitrogens is 2. The summed E-state index contributed by atoms with van der Waals surface area (Å²) in [4.78, 5) is 15.1. The number of benzene rings is 2. The monoisotopic (exact) mass is 349 g/mol. The Morgan fingerprint density at radius 1 is 1.00 bits per heavy atom. The van der Waals surface area contributed by atoms with Crippen LogP contribution >= 0.6 is 0 Å². The highest BCUT2D eigenvalue weighted by Gasteiger charge is 2.22. The summed E-state index contributed by atoms with van der Waals surface area (Å²) in [5.74, 6) is 0.865. The van der Waals surface area contributed by atoms with E-state index in [1.165, 1.54) is 5.56 Å². The quantitative estimate of drug-likeness (QED) is 0.771. The van der Waals surface area contributed by atoms with Crippen LogP contribution in [0.2, 0.25) is 0 Å². The number of H-pyrrole nitrogens is 1. The normalized spacial score (nSPS) is 14.2. The molecule has 1 aliphatic rings. The van der Waals surface area contributed by atoms with Crippen molar-refractivity contribution in [1.29, 1.82) is 0 Å². The van der Waals surface area contributed by atoms with Crippen LogP contribution in [0.15, 0.2) is 59.4 Å². The zero-order valence-corrected chi connectivity index (χ0v) is 14.9.